The lowest BCUT2D eigenvalue weighted by molar-refractivity contribution is 0.192. The van der Waals surface area contributed by atoms with Crippen LogP contribution < -0.4 is 15.6 Å². The molecule has 2 aromatic carbocycles. The van der Waals surface area contributed by atoms with Crippen molar-refractivity contribution in [1.82, 2.24) is 9.72 Å². The molecule has 8 nitrogen and oxygen atoms in total. The van der Waals surface area contributed by atoms with Gasteiger partial charge in [0.15, 0.2) is 5.76 Å². The number of benzene rings is 2. The Labute approximate surface area is 213 Å². The fourth-order valence-electron chi connectivity index (χ4n) is 4.36. The Morgan fingerprint density at radius 3 is 2.54 bits per heavy atom. The molecule has 0 bridgehead atoms. The van der Waals surface area contributed by atoms with E-state index >= 15 is 0 Å². The van der Waals surface area contributed by atoms with Crippen molar-refractivity contribution < 1.29 is 22.1 Å². The van der Waals surface area contributed by atoms with Gasteiger partial charge in [0.2, 0.25) is 6.86 Å². The number of anilines is 1. The summed E-state index contributed by atoms with van der Waals surface area (Å²) in [7, 11) is -2.91. The average molecular weight is 524 g/mol. The van der Waals surface area contributed by atoms with Gasteiger partial charge in [0.05, 0.1) is 18.1 Å². The standard InChI is InChI=1S/C27H26FN3O5S/c28-18-35-24-7-4-20(5-8-24)25-15-26(36-30-25)21-6-9-27(32)31(17-21)16-19-2-1-3-23(14-19)29-22-10-12-37(33,34)13-11-22/h1-9,14-15,17,22,29H,10-13,16,18H2. The van der Waals surface area contributed by atoms with Crippen molar-refractivity contribution >= 4 is 15.5 Å². The van der Waals surface area contributed by atoms with Crippen LogP contribution in [-0.4, -0.2) is 42.5 Å². The van der Waals surface area contributed by atoms with Crippen molar-refractivity contribution in [2.24, 2.45) is 0 Å². The zero-order valence-electron chi connectivity index (χ0n) is 20.0. The molecule has 0 saturated carbocycles. The summed E-state index contributed by atoms with van der Waals surface area (Å²) in [6.07, 6.45) is 2.91. The molecule has 1 saturated heterocycles. The third-order valence-electron chi connectivity index (χ3n) is 6.35. The first-order valence-corrected chi connectivity index (χ1v) is 13.7. The molecule has 3 heterocycles. The van der Waals surface area contributed by atoms with E-state index in [-0.39, 0.29) is 23.1 Å². The summed E-state index contributed by atoms with van der Waals surface area (Å²) < 4.78 is 47.7. The highest BCUT2D eigenvalue weighted by Gasteiger charge is 2.23. The van der Waals surface area contributed by atoms with E-state index in [0.29, 0.717) is 42.2 Å². The van der Waals surface area contributed by atoms with E-state index in [9.17, 15) is 17.6 Å². The summed E-state index contributed by atoms with van der Waals surface area (Å²) in [6.45, 7) is -0.533. The van der Waals surface area contributed by atoms with Gasteiger partial charge in [-0.1, -0.05) is 17.3 Å². The normalized spacial score (nSPS) is 15.4. The SMILES string of the molecule is O=c1ccc(-c2cc(-c3ccc(OCF)cc3)no2)cn1Cc1cccc(NC2CCS(=O)(=O)CC2)c1. The van der Waals surface area contributed by atoms with Crippen molar-refractivity contribution in [3.05, 3.63) is 88.8 Å². The van der Waals surface area contributed by atoms with Crippen LogP contribution in [0.25, 0.3) is 22.6 Å². The van der Waals surface area contributed by atoms with E-state index in [1.807, 2.05) is 24.3 Å². The molecule has 0 spiro atoms. The zero-order valence-corrected chi connectivity index (χ0v) is 20.8. The molecule has 1 aliphatic rings. The number of nitrogens with one attached hydrogen (secondary N) is 1. The topological polar surface area (TPSA) is 103 Å². The maximum atomic E-state index is 12.6. The zero-order chi connectivity index (χ0) is 25.8. The molecular weight excluding hydrogens is 497 g/mol. The second-order valence-electron chi connectivity index (χ2n) is 9.01. The molecule has 1 aliphatic heterocycles. The molecular formula is C27H26FN3O5S. The quantitative estimate of drug-likeness (QED) is 0.362. The first-order valence-electron chi connectivity index (χ1n) is 11.9. The van der Waals surface area contributed by atoms with E-state index < -0.39 is 16.7 Å². The van der Waals surface area contributed by atoms with Crippen LogP contribution in [0.1, 0.15) is 18.4 Å². The van der Waals surface area contributed by atoms with Gasteiger partial charge in [-0.3, -0.25) is 4.79 Å². The predicted molar refractivity (Wildman–Crippen MR) is 139 cm³/mol. The molecule has 10 heteroatoms. The number of hydrogen-bond acceptors (Lipinski definition) is 7. The van der Waals surface area contributed by atoms with Gasteiger partial charge in [-0.15, -0.1) is 0 Å². The molecule has 37 heavy (non-hydrogen) atoms. The monoisotopic (exact) mass is 523 g/mol. The number of ether oxygens (including phenoxy) is 1. The highest BCUT2D eigenvalue weighted by Crippen LogP contribution is 2.27. The number of halogens is 1. The molecule has 0 amide bonds. The minimum Gasteiger partial charge on any atom is -0.463 e. The lowest BCUT2D eigenvalue weighted by Crippen LogP contribution is -2.32. The fourth-order valence-corrected chi connectivity index (χ4v) is 5.85. The summed E-state index contributed by atoms with van der Waals surface area (Å²) >= 11 is 0. The van der Waals surface area contributed by atoms with E-state index in [0.717, 1.165) is 16.8 Å². The Kier molecular flexibility index (Phi) is 7.09. The Hall–Kier alpha value is -3.92. The number of aromatic nitrogens is 2. The Morgan fingerprint density at radius 1 is 1.03 bits per heavy atom. The number of alkyl halides is 1. The number of sulfone groups is 1. The first kappa shape index (κ1) is 24.8. The molecule has 0 unspecified atom stereocenters. The fraction of sp³-hybridized carbons (Fsp3) is 0.259. The van der Waals surface area contributed by atoms with Crippen LogP contribution in [-0.2, 0) is 16.4 Å². The maximum Gasteiger partial charge on any atom is 0.250 e. The molecule has 0 atom stereocenters. The van der Waals surface area contributed by atoms with Crippen LogP contribution in [0.4, 0.5) is 10.1 Å². The molecule has 1 fully saturated rings. The van der Waals surface area contributed by atoms with Crippen LogP contribution in [0.2, 0.25) is 0 Å². The van der Waals surface area contributed by atoms with Crippen LogP contribution in [0.15, 0.2) is 82.2 Å². The second kappa shape index (κ2) is 10.6. The van der Waals surface area contributed by atoms with Crippen molar-refractivity contribution in [2.45, 2.75) is 25.4 Å². The number of nitrogens with zero attached hydrogens (tertiary/aromatic N) is 2. The largest absolute Gasteiger partial charge is 0.463 e. The van der Waals surface area contributed by atoms with Gasteiger partial charge >= 0.3 is 0 Å². The minimum absolute atomic E-state index is 0.109. The molecule has 0 aliphatic carbocycles. The third kappa shape index (κ3) is 6.08. The maximum absolute atomic E-state index is 12.6. The van der Waals surface area contributed by atoms with E-state index in [2.05, 4.69) is 10.5 Å². The van der Waals surface area contributed by atoms with Crippen LogP contribution in [0, 0.1) is 0 Å². The highest BCUT2D eigenvalue weighted by molar-refractivity contribution is 7.91. The number of rotatable bonds is 8. The van der Waals surface area contributed by atoms with Crippen molar-refractivity contribution in [2.75, 3.05) is 23.7 Å². The van der Waals surface area contributed by atoms with Crippen LogP contribution in [0.3, 0.4) is 0 Å². The van der Waals surface area contributed by atoms with Gasteiger partial charge in [-0.25, -0.2) is 12.8 Å². The molecule has 1 N–H and O–H groups in total. The summed E-state index contributed by atoms with van der Waals surface area (Å²) in [6, 6.07) is 19.7. The summed E-state index contributed by atoms with van der Waals surface area (Å²) in [5, 5.41) is 7.55. The molecule has 5 rings (SSSR count). The molecule has 2 aromatic heterocycles. The van der Waals surface area contributed by atoms with Gasteiger partial charge in [-0.2, -0.15) is 0 Å². The lowest BCUT2D eigenvalue weighted by Gasteiger charge is -2.24. The molecule has 192 valence electrons. The lowest BCUT2D eigenvalue weighted by atomic mass is 10.1. The van der Waals surface area contributed by atoms with Crippen molar-refractivity contribution in [1.29, 1.82) is 0 Å². The van der Waals surface area contributed by atoms with E-state index in [1.165, 1.54) is 6.07 Å². The van der Waals surface area contributed by atoms with Crippen LogP contribution in [0.5, 0.6) is 5.75 Å². The smallest absolute Gasteiger partial charge is 0.250 e. The summed E-state index contributed by atoms with van der Waals surface area (Å²) in [5.41, 5.74) is 3.77. The number of hydrogen-bond donors (Lipinski definition) is 1. The van der Waals surface area contributed by atoms with Crippen molar-refractivity contribution in [3.8, 4) is 28.3 Å². The van der Waals surface area contributed by atoms with Gasteiger partial charge < -0.3 is 19.1 Å². The van der Waals surface area contributed by atoms with E-state index in [4.69, 9.17) is 9.26 Å². The molecule has 4 aromatic rings. The van der Waals surface area contributed by atoms with Gasteiger partial charge in [0.1, 0.15) is 21.3 Å². The van der Waals surface area contributed by atoms with Crippen molar-refractivity contribution in [3.63, 3.8) is 0 Å². The highest BCUT2D eigenvalue weighted by atomic mass is 32.2. The van der Waals surface area contributed by atoms with Gasteiger partial charge in [0, 0.05) is 41.2 Å². The predicted octanol–water partition coefficient (Wildman–Crippen LogP) is 4.51. The third-order valence-corrected chi connectivity index (χ3v) is 8.07. The van der Waals surface area contributed by atoms with Crippen LogP contribution >= 0.6 is 0 Å². The van der Waals surface area contributed by atoms with Gasteiger partial charge in [-0.05, 0) is 60.9 Å². The minimum atomic E-state index is -2.91. The second-order valence-corrected chi connectivity index (χ2v) is 11.3. The Bertz CT molecular complexity index is 1530. The number of pyridine rings is 1. The first-order chi connectivity index (χ1) is 17.9. The molecule has 0 radical (unpaired) electrons. The Morgan fingerprint density at radius 2 is 1.78 bits per heavy atom. The summed E-state index contributed by atoms with van der Waals surface area (Å²) in [5.74, 6) is 1.34. The summed E-state index contributed by atoms with van der Waals surface area (Å²) in [4.78, 5) is 12.6. The van der Waals surface area contributed by atoms with Gasteiger partial charge in [0.25, 0.3) is 5.56 Å². The Balaban J connectivity index is 1.30. The van der Waals surface area contributed by atoms with E-state index in [1.54, 1.807) is 47.2 Å². The average Bonchev–Trinajstić information content (AvgIpc) is 3.38.